The monoisotopic (exact) mass is 247 g/mol. The second-order valence-electron chi connectivity index (χ2n) is 5.02. The Labute approximate surface area is 109 Å². The quantitative estimate of drug-likeness (QED) is 0.765. The van der Waals surface area contributed by atoms with Crippen LogP contribution in [0.4, 0.5) is 0 Å². The van der Waals surface area contributed by atoms with E-state index in [1.807, 2.05) is 25.1 Å². The molecule has 98 valence electrons. The van der Waals surface area contributed by atoms with Gasteiger partial charge >= 0.3 is 5.97 Å². The number of rotatable bonds is 4. The van der Waals surface area contributed by atoms with Gasteiger partial charge in [0.1, 0.15) is 6.04 Å². The summed E-state index contributed by atoms with van der Waals surface area (Å²) in [6, 6.07) is 10.2. The lowest BCUT2D eigenvalue weighted by Gasteiger charge is -2.22. The van der Waals surface area contributed by atoms with Gasteiger partial charge in [-0.05, 0) is 24.8 Å². The summed E-state index contributed by atoms with van der Waals surface area (Å²) in [6.07, 6.45) is 0.908. The summed E-state index contributed by atoms with van der Waals surface area (Å²) in [4.78, 5) is 14.2. The number of hydrogen-bond donors (Lipinski definition) is 0. The molecule has 0 amide bonds. The van der Waals surface area contributed by atoms with Crippen LogP contribution in [0.1, 0.15) is 25.8 Å². The van der Waals surface area contributed by atoms with Crippen LogP contribution in [-0.4, -0.2) is 30.1 Å². The third-order valence-electron chi connectivity index (χ3n) is 3.40. The van der Waals surface area contributed by atoms with Crippen LogP contribution in [-0.2, 0) is 16.1 Å². The number of carbonyl (C=O) groups excluding carboxylic acids is 1. The Bertz CT molecular complexity index is 391. The molecule has 1 aromatic carbocycles. The molecule has 3 nitrogen and oxygen atoms in total. The van der Waals surface area contributed by atoms with Crippen LogP contribution in [0.25, 0.3) is 0 Å². The summed E-state index contributed by atoms with van der Waals surface area (Å²) >= 11 is 0. The number of likely N-dealkylation sites (tertiary alicyclic amines) is 1. The molecule has 0 N–H and O–H groups in total. The maximum Gasteiger partial charge on any atom is 0.323 e. The minimum Gasteiger partial charge on any atom is -0.465 e. The Morgan fingerprint density at radius 2 is 2.11 bits per heavy atom. The Kier molecular flexibility index (Phi) is 4.37. The zero-order chi connectivity index (χ0) is 13.0. The van der Waals surface area contributed by atoms with Gasteiger partial charge in [0.2, 0.25) is 0 Å². The van der Waals surface area contributed by atoms with Crippen molar-refractivity contribution in [3.63, 3.8) is 0 Å². The first-order valence-corrected chi connectivity index (χ1v) is 6.65. The minimum atomic E-state index is -0.0715. The lowest BCUT2D eigenvalue weighted by Crippen LogP contribution is -2.36. The largest absolute Gasteiger partial charge is 0.465 e. The van der Waals surface area contributed by atoms with Crippen molar-refractivity contribution in [1.29, 1.82) is 0 Å². The molecule has 0 aliphatic carbocycles. The van der Waals surface area contributed by atoms with Crippen LogP contribution in [0.15, 0.2) is 30.3 Å². The minimum absolute atomic E-state index is 0.0693. The Balaban J connectivity index is 2.03. The molecular formula is C15H21NO2. The molecule has 0 bridgehead atoms. The molecular weight excluding hydrogens is 226 g/mol. The molecule has 0 saturated carbocycles. The predicted molar refractivity (Wildman–Crippen MR) is 71.1 cm³/mol. The number of nitrogens with zero attached hydrogens (tertiary/aromatic N) is 1. The van der Waals surface area contributed by atoms with Crippen LogP contribution in [0.2, 0.25) is 0 Å². The van der Waals surface area contributed by atoms with E-state index in [4.69, 9.17) is 4.74 Å². The highest BCUT2D eigenvalue weighted by atomic mass is 16.5. The van der Waals surface area contributed by atoms with Gasteiger partial charge in [-0.25, -0.2) is 0 Å². The van der Waals surface area contributed by atoms with Crippen molar-refractivity contribution in [2.24, 2.45) is 5.92 Å². The smallest absolute Gasteiger partial charge is 0.323 e. The fourth-order valence-corrected chi connectivity index (χ4v) is 2.61. The van der Waals surface area contributed by atoms with Crippen LogP contribution in [0, 0.1) is 5.92 Å². The van der Waals surface area contributed by atoms with Gasteiger partial charge in [-0.3, -0.25) is 9.69 Å². The van der Waals surface area contributed by atoms with E-state index >= 15 is 0 Å². The highest BCUT2D eigenvalue weighted by Crippen LogP contribution is 2.25. The van der Waals surface area contributed by atoms with E-state index in [1.54, 1.807) is 0 Å². The molecule has 0 spiro atoms. The molecule has 1 aromatic rings. The summed E-state index contributed by atoms with van der Waals surface area (Å²) < 4.78 is 5.16. The molecule has 1 fully saturated rings. The van der Waals surface area contributed by atoms with Crippen LogP contribution in [0.5, 0.6) is 0 Å². The maximum atomic E-state index is 11.9. The first kappa shape index (κ1) is 13.1. The molecule has 2 atom stereocenters. The summed E-state index contributed by atoms with van der Waals surface area (Å²) in [7, 11) is 0. The third kappa shape index (κ3) is 3.10. The topological polar surface area (TPSA) is 29.5 Å². The summed E-state index contributed by atoms with van der Waals surface area (Å²) in [5.41, 5.74) is 1.25. The van der Waals surface area contributed by atoms with Gasteiger partial charge < -0.3 is 4.74 Å². The Hall–Kier alpha value is -1.35. The van der Waals surface area contributed by atoms with Crippen LogP contribution >= 0.6 is 0 Å². The van der Waals surface area contributed by atoms with E-state index in [-0.39, 0.29) is 12.0 Å². The molecule has 1 aliphatic heterocycles. The van der Waals surface area contributed by atoms with Crippen molar-refractivity contribution in [3.05, 3.63) is 35.9 Å². The third-order valence-corrected chi connectivity index (χ3v) is 3.40. The Morgan fingerprint density at radius 3 is 2.78 bits per heavy atom. The lowest BCUT2D eigenvalue weighted by atomic mass is 10.1. The highest BCUT2D eigenvalue weighted by Gasteiger charge is 2.35. The summed E-state index contributed by atoms with van der Waals surface area (Å²) in [6.45, 7) is 6.31. The van der Waals surface area contributed by atoms with Crippen LogP contribution < -0.4 is 0 Å². The van der Waals surface area contributed by atoms with Gasteiger partial charge in [0.05, 0.1) is 6.61 Å². The van der Waals surface area contributed by atoms with Gasteiger partial charge in [0.15, 0.2) is 0 Å². The van der Waals surface area contributed by atoms with Gasteiger partial charge in [0, 0.05) is 13.1 Å². The highest BCUT2D eigenvalue weighted by molar-refractivity contribution is 5.76. The summed E-state index contributed by atoms with van der Waals surface area (Å²) in [5.74, 6) is 0.487. The van der Waals surface area contributed by atoms with E-state index < -0.39 is 0 Å². The average molecular weight is 247 g/mol. The lowest BCUT2D eigenvalue weighted by molar-refractivity contribution is -0.148. The van der Waals surface area contributed by atoms with E-state index in [1.165, 1.54) is 5.56 Å². The number of esters is 1. The predicted octanol–water partition coefficient (Wildman–Crippen LogP) is 2.46. The number of benzene rings is 1. The molecule has 0 unspecified atom stereocenters. The van der Waals surface area contributed by atoms with E-state index in [0.717, 1.165) is 19.5 Å². The van der Waals surface area contributed by atoms with E-state index in [9.17, 15) is 4.79 Å². The fraction of sp³-hybridized carbons (Fsp3) is 0.533. The molecule has 3 heteroatoms. The normalized spacial score (nSPS) is 24.1. The molecule has 0 aromatic heterocycles. The van der Waals surface area contributed by atoms with Crippen LogP contribution in [0.3, 0.4) is 0 Å². The van der Waals surface area contributed by atoms with E-state index in [0.29, 0.717) is 12.5 Å². The molecule has 1 aliphatic rings. The molecule has 0 radical (unpaired) electrons. The van der Waals surface area contributed by atoms with Crippen molar-refractivity contribution in [2.45, 2.75) is 32.9 Å². The van der Waals surface area contributed by atoms with Crippen molar-refractivity contribution >= 4 is 5.97 Å². The molecule has 1 saturated heterocycles. The standard InChI is InChI=1S/C15H21NO2/c1-3-18-15(17)14-9-12(2)10-16(14)11-13-7-5-4-6-8-13/h4-8,12,14H,3,9-11H2,1-2H3/t12-,14-/m1/s1. The van der Waals surface area contributed by atoms with Crippen molar-refractivity contribution < 1.29 is 9.53 Å². The van der Waals surface area contributed by atoms with Gasteiger partial charge in [-0.15, -0.1) is 0 Å². The van der Waals surface area contributed by atoms with E-state index in [2.05, 4.69) is 24.0 Å². The number of hydrogen-bond acceptors (Lipinski definition) is 3. The van der Waals surface area contributed by atoms with Gasteiger partial charge in [0.25, 0.3) is 0 Å². The molecule has 18 heavy (non-hydrogen) atoms. The maximum absolute atomic E-state index is 11.9. The van der Waals surface area contributed by atoms with Gasteiger partial charge in [-0.2, -0.15) is 0 Å². The van der Waals surface area contributed by atoms with Crippen molar-refractivity contribution in [2.75, 3.05) is 13.2 Å². The average Bonchev–Trinajstić information content (AvgIpc) is 2.72. The zero-order valence-corrected chi connectivity index (χ0v) is 11.1. The van der Waals surface area contributed by atoms with Gasteiger partial charge in [-0.1, -0.05) is 37.3 Å². The Morgan fingerprint density at radius 1 is 1.39 bits per heavy atom. The fourth-order valence-electron chi connectivity index (χ4n) is 2.61. The van der Waals surface area contributed by atoms with Crippen molar-refractivity contribution in [3.8, 4) is 0 Å². The number of carbonyl (C=O) groups is 1. The second-order valence-corrected chi connectivity index (χ2v) is 5.02. The molecule has 1 heterocycles. The molecule has 2 rings (SSSR count). The van der Waals surface area contributed by atoms with Crippen molar-refractivity contribution in [1.82, 2.24) is 4.90 Å². The second kappa shape index (κ2) is 6.01. The zero-order valence-electron chi connectivity index (χ0n) is 11.1. The first-order chi connectivity index (χ1) is 8.70. The number of ether oxygens (including phenoxy) is 1. The SMILES string of the molecule is CCOC(=O)[C@H]1C[C@@H](C)CN1Cc1ccccc1. The first-order valence-electron chi connectivity index (χ1n) is 6.65. The summed E-state index contributed by atoms with van der Waals surface area (Å²) in [5, 5.41) is 0.